The fourth-order valence-corrected chi connectivity index (χ4v) is 4.26. The van der Waals surface area contributed by atoms with Crippen LogP contribution in [-0.2, 0) is 22.6 Å². The highest BCUT2D eigenvalue weighted by Gasteiger charge is 2.23. The monoisotopic (exact) mass is 484 g/mol. The number of aromatic amines is 1. The number of anilines is 1. The van der Waals surface area contributed by atoms with E-state index in [1.807, 2.05) is 60.7 Å². The quantitative estimate of drug-likeness (QED) is 0.319. The normalized spacial score (nSPS) is 12.5. The van der Waals surface area contributed by atoms with Crippen LogP contribution in [0.1, 0.15) is 30.9 Å². The van der Waals surface area contributed by atoms with E-state index in [4.69, 9.17) is 17.0 Å². The van der Waals surface area contributed by atoms with Gasteiger partial charge in [0.2, 0.25) is 11.0 Å². The molecule has 0 saturated heterocycles. The van der Waals surface area contributed by atoms with Crippen molar-refractivity contribution in [2.24, 2.45) is 11.8 Å². The highest BCUT2D eigenvalue weighted by molar-refractivity contribution is 7.73. The zero-order valence-corrected chi connectivity index (χ0v) is 20.1. The molecule has 3 rings (SSSR count). The van der Waals surface area contributed by atoms with Crippen LogP contribution in [0.2, 0.25) is 0 Å². The highest BCUT2D eigenvalue weighted by atomic mass is 32.1. The number of carbonyl (C=O) groups excluding carboxylic acids is 2. The lowest BCUT2D eigenvalue weighted by atomic mass is 9.88. The Morgan fingerprint density at radius 1 is 1.09 bits per heavy atom. The van der Waals surface area contributed by atoms with Gasteiger partial charge in [-0.05, 0) is 48.5 Å². The fraction of sp³-hybridized carbons (Fsp3) is 0.333. The summed E-state index contributed by atoms with van der Waals surface area (Å²) in [4.78, 5) is 24.9. The van der Waals surface area contributed by atoms with Crippen molar-refractivity contribution < 1.29 is 14.3 Å². The molecule has 2 atom stereocenters. The Balaban J connectivity index is 1.48. The Hall–Kier alpha value is -3.04. The second-order valence-electron chi connectivity index (χ2n) is 7.91. The number of amides is 2. The maximum Gasteiger partial charge on any atom is 0.407 e. The third kappa shape index (κ3) is 8.78. The van der Waals surface area contributed by atoms with Crippen LogP contribution in [-0.4, -0.2) is 28.7 Å². The first-order valence-electron chi connectivity index (χ1n) is 10.8. The summed E-state index contributed by atoms with van der Waals surface area (Å²) in [5.74, 6) is -0.0974. The molecular weight excluding hydrogens is 456 g/mol. The van der Waals surface area contributed by atoms with E-state index in [0.717, 1.165) is 17.5 Å². The lowest BCUT2D eigenvalue weighted by Gasteiger charge is -2.20. The Bertz CT molecular complexity index is 1070. The smallest absolute Gasteiger partial charge is 0.407 e. The number of carbonyl (C=O) groups is 2. The number of nitrogens with one attached hydrogen (secondary N) is 3. The first-order valence-corrected chi connectivity index (χ1v) is 12.1. The minimum atomic E-state index is -0.440. The molecule has 33 heavy (non-hydrogen) atoms. The van der Waals surface area contributed by atoms with E-state index in [0.29, 0.717) is 28.5 Å². The number of benzene rings is 2. The second kappa shape index (κ2) is 12.9. The van der Waals surface area contributed by atoms with Crippen LogP contribution in [0, 0.1) is 15.8 Å². The minimum absolute atomic E-state index is 0.0846. The minimum Gasteiger partial charge on any atom is -0.445 e. The second-order valence-corrected chi connectivity index (χ2v) is 9.58. The molecular formula is C24H28N4O3S2. The van der Waals surface area contributed by atoms with Crippen molar-refractivity contribution >= 4 is 40.7 Å². The Morgan fingerprint density at radius 2 is 1.76 bits per heavy atom. The molecule has 1 heterocycles. The standard InChI is InChI=1S/C24H28N4O3S2/c1-17(12-13-25-23(30)31-16-19-10-6-3-7-11-19)14-20(15-18-8-4-2-5-9-18)21(29)26-22-27-28-24(32)33-22/h2-11,17,20H,12-16H2,1H3,(H,25,30)(H,28,32)(H,26,27,29). The van der Waals surface area contributed by atoms with Crippen molar-refractivity contribution in [2.75, 3.05) is 11.9 Å². The predicted molar refractivity (Wildman–Crippen MR) is 133 cm³/mol. The van der Waals surface area contributed by atoms with Crippen LogP contribution in [0.25, 0.3) is 0 Å². The molecule has 2 amide bonds. The van der Waals surface area contributed by atoms with E-state index in [-0.39, 0.29) is 24.3 Å². The summed E-state index contributed by atoms with van der Waals surface area (Å²) in [7, 11) is 0. The number of aromatic nitrogens is 2. The van der Waals surface area contributed by atoms with Crippen LogP contribution in [0.15, 0.2) is 60.7 Å². The van der Waals surface area contributed by atoms with Crippen LogP contribution in [0.3, 0.4) is 0 Å². The van der Waals surface area contributed by atoms with Crippen LogP contribution in [0.5, 0.6) is 0 Å². The molecule has 2 aromatic carbocycles. The van der Waals surface area contributed by atoms with Crippen molar-refractivity contribution in [3.05, 3.63) is 75.7 Å². The third-order valence-corrected chi connectivity index (χ3v) is 6.17. The Kier molecular flexibility index (Phi) is 9.59. The molecule has 3 N–H and O–H groups in total. The first-order chi connectivity index (χ1) is 16.0. The van der Waals surface area contributed by atoms with E-state index in [2.05, 4.69) is 27.8 Å². The number of hydrogen-bond acceptors (Lipinski definition) is 6. The van der Waals surface area contributed by atoms with Crippen molar-refractivity contribution in [2.45, 2.75) is 32.8 Å². The van der Waals surface area contributed by atoms with Gasteiger partial charge in [0.15, 0.2) is 3.95 Å². The summed E-state index contributed by atoms with van der Waals surface area (Å²) in [5, 5.41) is 12.8. The fourth-order valence-electron chi connectivity index (χ4n) is 3.47. The summed E-state index contributed by atoms with van der Waals surface area (Å²) in [6, 6.07) is 19.5. The number of rotatable bonds is 11. The maximum absolute atomic E-state index is 13.0. The van der Waals surface area contributed by atoms with Gasteiger partial charge >= 0.3 is 6.09 Å². The third-order valence-electron chi connectivity index (χ3n) is 5.17. The first kappa shape index (κ1) is 24.6. The highest BCUT2D eigenvalue weighted by Crippen LogP contribution is 2.22. The molecule has 0 radical (unpaired) electrons. The molecule has 9 heteroatoms. The van der Waals surface area contributed by atoms with Gasteiger partial charge in [0.25, 0.3) is 0 Å². The lowest BCUT2D eigenvalue weighted by Crippen LogP contribution is -2.29. The largest absolute Gasteiger partial charge is 0.445 e. The summed E-state index contributed by atoms with van der Waals surface area (Å²) in [5.41, 5.74) is 2.04. The van der Waals surface area contributed by atoms with Gasteiger partial charge in [-0.25, -0.2) is 4.79 Å². The number of nitrogens with zero attached hydrogens (tertiary/aromatic N) is 1. The molecule has 0 aliphatic carbocycles. The molecule has 7 nitrogen and oxygen atoms in total. The molecule has 3 aromatic rings. The van der Waals surface area contributed by atoms with E-state index in [1.54, 1.807) is 0 Å². The molecule has 1 aromatic heterocycles. The zero-order chi connectivity index (χ0) is 23.5. The molecule has 0 aliphatic heterocycles. The van der Waals surface area contributed by atoms with Gasteiger partial charge in [-0.3, -0.25) is 9.89 Å². The SMILES string of the molecule is CC(CCNC(=O)OCc1ccccc1)CC(Cc1ccccc1)C(=O)Nc1n[nH]c(=S)s1. The molecule has 0 aliphatic rings. The van der Waals surface area contributed by atoms with Crippen molar-refractivity contribution in [3.63, 3.8) is 0 Å². The molecule has 2 unspecified atom stereocenters. The van der Waals surface area contributed by atoms with Gasteiger partial charge < -0.3 is 15.4 Å². The average Bonchev–Trinajstić information content (AvgIpc) is 3.23. The Labute approximate surface area is 202 Å². The number of alkyl carbamates (subject to hydrolysis) is 1. The van der Waals surface area contributed by atoms with Crippen molar-refractivity contribution in [3.8, 4) is 0 Å². The van der Waals surface area contributed by atoms with E-state index in [1.165, 1.54) is 11.3 Å². The van der Waals surface area contributed by atoms with Gasteiger partial charge in [-0.1, -0.05) is 78.9 Å². The van der Waals surface area contributed by atoms with E-state index >= 15 is 0 Å². The molecule has 0 bridgehead atoms. The number of ether oxygens (including phenoxy) is 1. The lowest BCUT2D eigenvalue weighted by molar-refractivity contribution is -0.120. The zero-order valence-electron chi connectivity index (χ0n) is 18.5. The molecule has 0 fully saturated rings. The predicted octanol–water partition coefficient (Wildman–Crippen LogP) is 5.34. The maximum atomic E-state index is 13.0. The molecule has 0 saturated carbocycles. The van der Waals surface area contributed by atoms with Crippen LogP contribution in [0.4, 0.5) is 9.93 Å². The topological polar surface area (TPSA) is 96.1 Å². The molecule has 0 spiro atoms. The van der Waals surface area contributed by atoms with Gasteiger partial charge in [-0.2, -0.15) is 0 Å². The number of H-pyrrole nitrogens is 1. The van der Waals surface area contributed by atoms with Crippen molar-refractivity contribution in [1.82, 2.24) is 15.5 Å². The molecule has 174 valence electrons. The van der Waals surface area contributed by atoms with Gasteiger partial charge in [-0.15, -0.1) is 5.10 Å². The summed E-state index contributed by atoms with van der Waals surface area (Å²) < 4.78 is 5.76. The summed E-state index contributed by atoms with van der Waals surface area (Å²) >= 11 is 6.28. The Morgan fingerprint density at radius 3 is 2.39 bits per heavy atom. The van der Waals surface area contributed by atoms with Gasteiger partial charge in [0.1, 0.15) is 6.61 Å². The van der Waals surface area contributed by atoms with Gasteiger partial charge in [0, 0.05) is 12.5 Å². The van der Waals surface area contributed by atoms with E-state index < -0.39 is 6.09 Å². The summed E-state index contributed by atoms with van der Waals surface area (Å²) in [6.07, 6.45) is 1.60. The van der Waals surface area contributed by atoms with Gasteiger partial charge in [0.05, 0.1) is 0 Å². The van der Waals surface area contributed by atoms with Crippen molar-refractivity contribution in [1.29, 1.82) is 0 Å². The average molecular weight is 485 g/mol. The van der Waals surface area contributed by atoms with Crippen LogP contribution >= 0.6 is 23.6 Å². The number of hydrogen-bond donors (Lipinski definition) is 3. The van der Waals surface area contributed by atoms with Crippen LogP contribution < -0.4 is 10.6 Å². The summed E-state index contributed by atoms with van der Waals surface area (Å²) in [6.45, 7) is 2.80. The van der Waals surface area contributed by atoms with E-state index in [9.17, 15) is 9.59 Å².